The van der Waals surface area contributed by atoms with Gasteiger partial charge in [0.15, 0.2) is 0 Å². The predicted octanol–water partition coefficient (Wildman–Crippen LogP) is 5.84. The molecule has 5 aliphatic carbocycles. The molecule has 0 aromatic carbocycles. The molecule has 0 heterocycles. The van der Waals surface area contributed by atoms with Crippen molar-refractivity contribution in [1.29, 1.82) is 0 Å². The monoisotopic (exact) mass is 386 g/mol. The molecular weight excluding hydrogens is 344 g/mol. The van der Waals surface area contributed by atoms with Gasteiger partial charge in [-0.3, -0.25) is 0 Å². The summed E-state index contributed by atoms with van der Waals surface area (Å²) in [5.74, 6) is 4.58. The van der Waals surface area contributed by atoms with Gasteiger partial charge in [-0.15, -0.1) is 0 Å². The number of aliphatic hydroxyl groups is 1. The average molecular weight is 387 g/mol. The quantitative estimate of drug-likeness (QED) is 0.615. The second kappa shape index (κ2) is 6.33. The highest BCUT2D eigenvalue weighted by Gasteiger charge is 2.77. The van der Waals surface area contributed by atoms with Gasteiger partial charge in [0, 0.05) is 12.5 Å². The summed E-state index contributed by atoms with van der Waals surface area (Å²) in [5, 5.41) is 10.7. The van der Waals surface area contributed by atoms with E-state index in [0.29, 0.717) is 34.2 Å². The molecule has 5 rings (SSSR count). The van der Waals surface area contributed by atoms with Crippen molar-refractivity contribution in [3.8, 4) is 0 Å². The zero-order chi connectivity index (χ0) is 19.9. The molecule has 0 aromatic rings. The van der Waals surface area contributed by atoms with Gasteiger partial charge >= 0.3 is 0 Å². The predicted molar refractivity (Wildman–Crippen MR) is 114 cm³/mol. The fourth-order valence-electron chi connectivity index (χ4n) is 10.1. The number of hydrogen-bond donors (Lipinski definition) is 1. The van der Waals surface area contributed by atoms with Gasteiger partial charge in [0.25, 0.3) is 0 Å². The Kier molecular flexibility index (Phi) is 4.43. The van der Waals surface area contributed by atoms with Crippen LogP contribution in [0.2, 0.25) is 0 Å². The Labute approximate surface area is 172 Å². The van der Waals surface area contributed by atoms with Gasteiger partial charge in [-0.2, -0.15) is 0 Å². The van der Waals surface area contributed by atoms with Crippen molar-refractivity contribution < 1.29 is 9.84 Å². The third kappa shape index (κ3) is 2.23. The van der Waals surface area contributed by atoms with Gasteiger partial charge in [0.05, 0.1) is 12.2 Å². The van der Waals surface area contributed by atoms with E-state index < -0.39 is 0 Å². The van der Waals surface area contributed by atoms with Gasteiger partial charge in [0.1, 0.15) is 0 Å². The minimum absolute atomic E-state index is 0.288. The molecule has 28 heavy (non-hydrogen) atoms. The Morgan fingerprint density at radius 2 is 1.86 bits per heavy atom. The maximum atomic E-state index is 10.7. The summed E-state index contributed by atoms with van der Waals surface area (Å²) in [6.07, 6.45) is 15.4. The number of methoxy groups -OCH3 is 1. The van der Waals surface area contributed by atoms with Crippen LogP contribution in [-0.2, 0) is 4.74 Å². The van der Waals surface area contributed by atoms with Crippen molar-refractivity contribution in [2.24, 2.45) is 51.8 Å². The third-order valence-electron chi connectivity index (χ3n) is 11.5. The molecule has 2 nitrogen and oxygen atoms in total. The summed E-state index contributed by atoms with van der Waals surface area (Å²) >= 11 is 0. The van der Waals surface area contributed by atoms with Crippen molar-refractivity contribution in [1.82, 2.24) is 0 Å². The van der Waals surface area contributed by atoms with E-state index in [9.17, 15) is 5.11 Å². The average Bonchev–Trinajstić information content (AvgIpc) is 3.18. The molecule has 2 heteroatoms. The van der Waals surface area contributed by atoms with Crippen molar-refractivity contribution in [3.05, 3.63) is 12.2 Å². The van der Waals surface area contributed by atoms with E-state index in [-0.39, 0.29) is 6.10 Å². The number of ether oxygens (including phenoxy) is 1. The van der Waals surface area contributed by atoms with Crippen LogP contribution in [0.25, 0.3) is 0 Å². The first-order valence-corrected chi connectivity index (χ1v) is 12.2. The summed E-state index contributed by atoms with van der Waals surface area (Å²) in [7, 11) is 1.99. The van der Waals surface area contributed by atoms with E-state index in [1.54, 1.807) is 0 Å². The molecule has 158 valence electrons. The van der Waals surface area contributed by atoms with Crippen LogP contribution in [0, 0.1) is 51.8 Å². The Morgan fingerprint density at radius 3 is 2.54 bits per heavy atom. The zero-order valence-electron chi connectivity index (χ0n) is 18.8. The van der Waals surface area contributed by atoms with Crippen LogP contribution in [0.5, 0.6) is 0 Å². The highest BCUT2D eigenvalue weighted by Crippen LogP contribution is 2.82. The van der Waals surface area contributed by atoms with Crippen LogP contribution >= 0.6 is 0 Å². The Hall–Kier alpha value is -0.340. The molecule has 11 atom stereocenters. The molecule has 5 aliphatic rings. The molecule has 1 spiro atoms. The van der Waals surface area contributed by atoms with E-state index >= 15 is 0 Å². The Balaban J connectivity index is 1.44. The number of rotatable bonds is 4. The van der Waals surface area contributed by atoms with Gasteiger partial charge < -0.3 is 9.84 Å². The van der Waals surface area contributed by atoms with Crippen LogP contribution in [0.4, 0.5) is 0 Å². The Bertz CT molecular complexity index is 657. The fraction of sp³-hybridized carbons (Fsp3) is 0.923. The molecule has 1 N–H and O–H groups in total. The van der Waals surface area contributed by atoms with Crippen LogP contribution in [0.15, 0.2) is 12.2 Å². The second-order valence-corrected chi connectivity index (χ2v) is 11.8. The maximum absolute atomic E-state index is 10.7. The molecular formula is C26H42O2. The SMILES string of the molecule is C/C=C\[C@H](O)[C@@H](C)[C@H]1CC[C@H]2[C@@H]3C[C@@H](OC)[C@]45C[C@H]4CC[C@]5(C)[C@H]3CC[C@]12C. The van der Waals surface area contributed by atoms with Crippen LogP contribution in [-0.4, -0.2) is 24.4 Å². The molecule has 0 saturated heterocycles. The number of hydrogen-bond acceptors (Lipinski definition) is 2. The number of aliphatic hydroxyl groups excluding tert-OH is 1. The highest BCUT2D eigenvalue weighted by atomic mass is 16.5. The minimum atomic E-state index is -0.288. The highest BCUT2D eigenvalue weighted by molar-refractivity contribution is 5.26. The lowest BCUT2D eigenvalue weighted by molar-refractivity contribution is -0.162. The first kappa shape index (κ1) is 19.6. The summed E-state index contributed by atoms with van der Waals surface area (Å²) in [6.45, 7) is 9.58. The lowest BCUT2D eigenvalue weighted by atomic mass is 9.45. The minimum Gasteiger partial charge on any atom is -0.389 e. The van der Waals surface area contributed by atoms with Crippen molar-refractivity contribution in [3.63, 3.8) is 0 Å². The standard InChI is InChI=1S/C26H42O2/c1-6-7-22(27)16(2)19-8-9-20-18-14-23(28-5)26-15-17(26)10-13-25(26,4)21(18)11-12-24(19,20)3/h6-7,16-23,27H,8-15H2,1-5H3/b7-6-/t16-,17+,18-,19+,20-,21-,22-,23+,24+,25+,26-/m0/s1. The van der Waals surface area contributed by atoms with Crippen LogP contribution < -0.4 is 0 Å². The van der Waals surface area contributed by atoms with E-state index in [4.69, 9.17) is 4.74 Å². The molecule has 5 fully saturated rings. The van der Waals surface area contributed by atoms with Crippen molar-refractivity contribution >= 4 is 0 Å². The molecule has 0 amide bonds. The molecule has 5 saturated carbocycles. The summed E-state index contributed by atoms with van der Waals surface area (Å²) < 4.78 is 6.24. The topological polar surface area (TPSA) is 29.5 Å². The summed E-state index contributed by atoms with van der Waals surface area (Å²) in [5.41, 5.74) is 1.46. The first-order chi connectivity index (χ1) is 13.3. The molecule has 0 aromatic heterocycles. The first-order valence-electron chi connectivity index (χ1n) is 12.2. The molecule has 0 radical (unpaired) electrons. The van der Waals surface area contributed by atoms with Gasteiger partial charge in [-0.05, 0) is 105 Å². The number of allylic oxidation sites excluding steroid dienone is 1. The second-order valence-electron chi connectivity index (χ2n) is 11.8. The fourth-order valence-corrected chi connectivity index (χ4v) is 10.1. The molecule has 0 unspecified atom stereocenters. The normalized spacial score (nSPS) is 56.6. The smallest absolute Gasteiger partial charge is 0.0749 e. The van der Waals surface area contributed by atoms with E-state index in [0.717, 1.165) is 23.7 Å². The maximum Gasteiger partial charge on any atom is 0.0749 e. The zero-order valence-corrected chi connectivity index (χ0v) is 18.8. The number of fused-ring (bicyclic) bond motifs is 4. The van der Waals surface area contributed by atoms with Crippen LogP contribution in [0.3, 0.4) is 0 Å². The lowest BCUT2D eigenvalue weighted by Gasteiger charge is -2.61. The molecule has 0 aliphatic heterocycles. The van der Waals surface area contributed by atoms with E-state index in [1.165, 1.54) is 51.4 Å². The van der Waals surface area contributed by atoms with Gasteiger partial charge in [-0.1, -0.05) is 32.9 Å². The van der Waals surface area contributed by atoms with E-state index in [1.807, 2.05) is 26.2 Å². The van der Waals surface area contributed by atoms with Gasteiger partial charge in [0.2, 0.25) is 0 Å². The third-order valence-corrected chi connectivity index (χ3v) is 11.5. The summed E-state index contributed by atoms with van der Waals surface area (Å²) in [6, 6.07) is 0. The Morgan fingerprint density at radius 1 is 1.07 bits per heavy atom. The lowest BCUT2D eigenvalue weighted by Crippen LogP contribution is -2.57. The van der Waals surface area contributed by atoms with Crippen molar-refractivity contribution in [2.45, 2.75) is 91.3 Å². The van der Waals surface area contributed by atoms with Crippen LogP contribution in [0.1, 0.15) is 79.1 Å². The van der Waals surface area contributed by atoms with Crippen molar-refractivity contribution in [2.75, 3.05) is 7.11 Å². The molecule has 0 bridgehead atoms. The van der Waals surface area contributed by atoms with Gasteiger partial charge in [-0.25, -0.2) is 0 Å². The van der Waals surface area contributed by atoms with E-state index in [2.05, 4.69) is 20.8 Å². The largest absolute Gasteiger partial charge is 0.389 e. The summed E-state index contributed by atoms with van der Waals surface area (Å²) in [4.78, 5) is 0.